The molecule has 2 rings (SSSR count). The first-order valence-corrected chi connectivity index (χ1v) is 7.66. The molecule has 2 heterocycles. The lowest BCUT2D eigenvalue weighted by molar-refractivity contribution is 0.379. The van der Waals surface area contributed by atoms with Crippen molar-refractivity contribution in [3.63, 3.8) is 0 Å². The lowest BCUT2D eigenvalue weighted by atomic mass is 10.1. The van der Waals surface area contributed by atoms with E-state index in [1.165, 1.54) is 0 Å². The number of hydrogen-bond acceptors (Lipinski definition) is 8. The molecule has 108 valence electrons. The van der Waals surface area contributed by atoms with Gasteiger partial charge in [0.05, 0.1) is 18.0 Å². The molecular formula is C12H18N6OS. The number of nitrogen functional groups attached to an aromatic ring is 1. The van der Waals surface area contributed by atoms with Gasteiger partial charge in [-0.25, -0.2) is 4.98 Å². The number of nitrogens with two attached hydrogens (primary N) is 1. The van der Waals surface area contributed by atoms with E-state index in [2.05, 4.69) is 39.3 Å². The largest absolute Gasteiger partial charge is 0.368 e. The van der Waals surface area contributed by atoms with Crippen LogP contribution in [0.4, 0.5) is 11.8 Å². The highest BCUT2D eigenvalue weighted by atomic mass is 32.2. The third-order valence-electron chi connectivity index (χ3n) is 2.56. The molecule has 0 aliphatic rings. The van der Waals surface area contributed by atoms with Gasteiger partial charge in [0.2, 0.25) is 11.8 Å². The number of rotatable bonds is 6. The zero-order valence-corrected chi connectivity index (χ0v) is 12.6. The van der Waals surface area contributed by atoms with Crippen molar-refractivity contribution in [1.29, 1.82) is 0 Å². The van der Waals surface area contributed by atoms with E-state index in [1.807, 2.05) is 12.3 Å². The van der Waals surface area contributed by atoms with Crippen LogP contribution in [0.25, 0.3) is 0 Å². The van der Waals surface area contributed by atoms with E-state index in [-0.39, 0.29) is 11.9 Å². The highest BCUT2D eigenvalue weighted by Crippen LogP contribution is 2.17. The van der Waals surface area contributed by atoms with Crippen LogP contribution in [-0.2, 0) is 12.3 Å². The topological polar surface area (TPSA) is 103 Å². The summed E-state index contributed by atoms with van der Waals surface area (Å²) in [6.45, 7) is 4.52. The molecule has 0 aliphatic carbocycles. The summed E-state index contributed by atoms with van der Waals surface area (Å²) in [4.78, 5) is 12.6. The fourth-order valence-corrected chi connectivity index (χ4v) is 1.96. The van der Waals surface area contributed by atoms with Gasteiger partial charge in [-0.15, -0.1) is 0 Å². The van der Waals surface area contributed by atoms with Crippen LogP contribution >= 0.6 is 11.8 Å². The Balaban J connectivity index is 2.02. The molecule has 0 aliphatic heterocycles. The minimum Gasteiger partial charge on any atom is -0.368 e. The minimum atomic E-state index is 0.257. The van der Waals surface area contributed by atoms with Crippen LogP contribution in [0.1, 0.15) is 37.2 Å². The third kappa shape index (κ3) is 3.83. The zero-order valence-electron chi connectivity index (χ0n) is 11.8. The summed E-state index contributed by atoms with van der Waals surface area (Å²) in [5.41, 5.74) is 6.59. The molecule has 2 aromatic heterocycles. The molecule has 0 saturated carbocycles. The van der Waals surface area contributed by atoms with Crippen LogP contribution in [0.15, 0.2) is 10.6 Å². The van der Waals surface area contributed by atoms with Crippen LogP contribution in [-0.4, -0.2) is 26.4 Å². The van der Waals surface area contributed by atoms with Gasteiger partial charge >= 0.3 is 0 Å². The SMILES string of the molecule is CSCc1noc(CNc2cc(C(C)C)nc(N)n2)n1. The van der Waals surface area contributed by atoms with Gasteiger partial charge in [-0.1, -0.05) is 19.0 Å². The van der Waals surface area contributed by atoms with E-state index in [4.69, 9.17) is 10.3 Å². The van der Waals surface area contributed by atoms with Gasteiger partial charge in [-0.3, -0.25) is 0 Å². The number of aromatic nitrogens is 4. The second kappa shape index (κ2) is 6.56. The molecule has 0 unspecified atom stereocenters. The van der Waals surface area contributed by atoms with Crippen LogP contribution in [0, 0.1) is 0 Å². The molecular weight excluding hydrogens is 276 g/mol. The Bertz CT molecular complexity index is 571. The van der Waals surface area contributed by atoms with Crippen molar-refractivity contribution < 1.29 is 4.52 Å². The first-order valence-electron chi connectivity index (χ1n) is 6.27. The predicted octanol–water partition coefficient (Wildman–Crippen LogP) is 2.04. The molecule has 0 saturated heterocycles. The van der Waals surface area contributed by atoms with E-state index in [0.29, 0.717) is 24.1 Å². The van der Waals surface area contributed by atoms with Crippen molar-refractivity contribution in [2.24, 2.45) is 0 Å². The van der Waals surface area contributed by atoms with Gasteiger partial charge in [0.25, 0.3) is 0 Å². The lowest BCUT2D eigenvalue weighted by Crippen LogP contribution is -2.07. The fourth-order valence-electron chi connectivity index (χ4n) is 1.59. The van der Waals surface area contributed by atoms with E-state index in [0.717, 1.165) is 11.4 Å². The maximum Gasteiger partial charge on any atom is 0.246 e. The van der Waals surface area contributed by atoms with Gasteiger partial charge < -0.3 is 15.6 Å². The highest BCUT2D eigenvalue weighted by molar-refractivity contribution is 7.97. The molecule has 20 heavy (non-hydrogen) atoms. The molecule has 3 N–H and O–H groups in total. The number of nitrogens with one attached hydrogen (secondary N) is 1. The van der Waals surface area contributed by atoms with Crippen molar-refractivity contribution in [1.82, 2.24) is 20.1 Å². The summed E-state index contributed by atoms with van der Waals surface area (Å²) in [7, 11) is 0. The summed E-state index contributed by atoms with van der Waals surface area (Å²) in [5, 5.41) is 7.00. The Labute approximate surface area is 121 Å². The van der Waals surface area contributed by atoms with E-state index in [1.54, 1.807) is 11.8 Å². The molecule has 0 amide bonds. The maximum atomic E-state index is 5.69. The van der Waals surface area contributed by atoms with Crippen molar-refractivity contribution in [2.75, 3.05) is 17.3 Å². The molecule has 0 aromatic carbocycles. The van der Waals surface area contributed by atoms with Crippen molar-refractivity contribution in [3.05, 3.63) is 23.5 Å². The summed E-state index contributed by atoms with van der Waals surface area (Å²) in [6.07, 6.45) is 1.99. The second-order valence-electron chi connectivity index (χ2n) is 4.58. The molecule has 0 atom stereocenters. The van der Waals surface area contributed by atoms with Crippen molar-refractivity contribution >= 4 is 23.5 Å². The number of anilines is 2. The monoisotopic (exact) mass is 294 g/mol. The van der Waals surface area contributed by atoms with Crippen LogP contribution < -0.4 is 11.1 Å². The molecule has 0 fully saturated rings. The van der Waals surface area contributed by atoms with Gasteiger partial charge in [-0.05, 0) is 12.2 Å². The Morgan fingerprint density at radius 2 is 2.15 bits per heavy atom. The summed E-state index contributed by atoms with van der Waals surface area (Å²) >= 11 is 1.65. The predicted molar refractivity (Wildman–Crippen MR) is 79.4 cm³/mol. The average Bonchev–Trinajstić information content (AvgIpc) is 2.84. The highest BCUT2D eigenvalue weighted by Gasteiger charge is 2.08. The average molecular weight is 294 g/mol. The molecule has 0 radical (unpaired) electrons. The maximum absolute atomic E-state index is 5.69. The Hall–Kier alpha value is -1.83. The first-order chi connectivity index (χ1) is 9.58. The summed E-state index contributed by atoms with van der Waals surface area (Å²) in [5.74, 6) is 3.16. The molecule has 2 aromatic rings. The minimum absolute atomic E-state index is 0.257. The van der Waals surface area contributed by atoms with Crippen molar-refractivity contribution in [3.8, 4) is 0 Å². The van der Waals surface area contributed by atoms with Crippen LogP contribution in [0.2, 0.25) is 0 Å². The number of hydrogen-bond donors (Lipinski definition) is 2. The third-order valence-corrected chi connectivity index (χ3v) is 3.11. The first kappa shape index (κ1) is 14.6. The lowest BCUT2D eigenvalue weighted by Gasteiger charge is -2.08. The van der Waals surface area contributed by atoms with Gasteiger partial charge in [-0.2, -0.15) is 21.7 Å². The van der Waals surface area contributed by atoms with Crippen molar-refractivity contribution in [2.45, 2.75) is 32.1 Å². The van der Waals surface area contributed by atoms with E-state index >= 15 is 0 Å². The molecule has 0 spiro atoms. The Morgan fingerprint density at radius 3 is 2.85 bits per heavy atom. The van der Waals surface area contributed by atoms with Gasteiger partial charge in [0.1, 0.15) is 5.82 Å². The quantitative estimate of drug-likeness (QED) is 0.834. The van der Waals surface area contributed by atoms with E-state index < -0.39 is 0 Å². The van der Waals surface area contributed by atoms with Gasteiger partial charge in [0.15, 0.2) is 5.82 Å². The van der Waals surface area contributed by atoms with E-state index in [9.17, 15) is 0 Å². The number of thioether (sulfide) groups is 1. The normalized spacial score (nSPS) is 11.0. The summed E-state index contributed by atoms with van der Waals surface area (Å²) < 4.78 is 5.14. The second-order valence-corrected chi connectivity index (χ2v) is 5.45. The van der Waals surface area contributed by atoms with Crippen LogP contribution in [0.3, 0.4) is 0 Å². The standard InChI is InChI=1S/C12H18N6OS/c1-7(2)8-4-9(17-12(13)15-8)14-5-11-16-10(6-20-3)18-19-11/h4,7H,5-6H2,1-3H3,(H3,13,14,15,17). The molecule has 0 bridgehead atoms. The molecule has 7 nitrogen and oxygen atoms in total. The van der Waals surface area contributed by atoms with Gasteiger partial charge in [0, 0.05) is 6.07 Å². The zero-order chi connectivity index (χ0) is 14.5. The smallest absolute Gasteiger partial charge is 0.246 e. The summed E-state index contributed by atoms with van der Waals surface area (Å²) in [6, 6.07) is 1.88. The molecule has 8 heteroatoms. The number of nitrogens with zero attached hydrogens (tertiary/aromatic N) is 4. The van der Waals surface area contributed by atoms with Crippen LogP contribution in [0.5, 0.6) is 0 Å². The Morgan fingerprint density at radius 1 is 1.35 bits per heavy atom. The fraction of sp³-hybridized carbons (Fsp3) is 0.500. The Kier molecular flexibility index (Phi) is 4.78.